The van der Waals surface area contributed by atoms with Crippen LogP contribution in [0.2, 0.25) is 0 Å². The minimum absolute atomic E-state index is 0.0220. The van der Waals surface area contributed by atoms with Crippen molar-refractivity contribution >= 4 is 11.9 Å². The summed E-state index contributed by atoms with van der Waals surface area (Å²) < 4.78 is 0. The highest BCUT2D eigenvalue weighted by atomic mass is 16.2. The lowest BCUT2D eigenvalue weighted by atomic mass is 10.0. The molecule has 1 saturated heterocycles. The first-order valence-electron chi connectivity index (χ1n) is 10.0. The molecule has 1 aliphatic rings. The molecule has 1 heterocycles. The molecule has 2 N–H and O–H groups in total. The number of urea groups is 1. The minimum Gasteiger partial charge on any atom is -0.345 e. The number of likely N-dealkylation sites (tertiary alicyclic amines) is 1. The number of hydrogen-bond acceptors (Lipinski definition) is 3. The van der Waals surface area contributed by atoms with Crippen LogP contribution in [-0.4, -0.2) is 61.5 Å². The summed E-state index contributed by atoms with van der Waals surface area (Å²) in [6.07, 6.45) is 6.10. The van der Waals surface area contributed by atoms with E-state index in [1.807, 2.05) is 12.1 Å². The summed E-state index contributed by atoms with van der Waals surface area (Å²) in [5.41, 5.74) is 1.62. The fraction of sp³-hybridized carbons (Fsp3) is 0.619. The molecule has 1 aliphatic heterocycles. The van der Waals surface area contributed by atoms with Crippen molar-refractivity contribution in [1.29, 1.82) is 0 Å². The molecule has 6 nitrogen and oxygen atoms in total. The van der Waals surface area contributed by atoms with E-state index < -0.39 is 0 Å². The largest absolute Gasteiger partial charge is 0.345 e. The van der Waals surface area contributed by atoms with Crippen LogP contribution in [0.25, 0.3) is 0 Å². The van der Waals surface area contributed by atoms with Crippen LogP contribution in [-0.2, 0) is 6.54 Å². The average molecular weight is 375 g/mol. The van der Waals surface area contributed by atoms with E-state index in [0.717, 1.165) is 24.9 Å². The summed E-state index contributed by atoms with van der Waals surface area (Å²) in [6, 6.07) is 7.88. The third-order valence-electron chi connectivity index (χ3n) is 5.16. The maximum Gasteiger partial charge on any atom is 0.315 e. The molecule has 3 amide bonds. The molecular formula is C21H34N4O2. The van der Waals surface area contributed by atoms with E-state index in [4.69, 9.17) is 0 Å². The number of benzene rings is 1. The van der Waals surface area contributed by atoms with Crippen molar-refractivity contribution in [3.8, 4) is 0 Å². The van der Waals surface area contributed by atoms with Gasteiger partial charge in [0, 0.05) is 38.8 Å². The highest BCUT2D eigenvalue weighted by Gasteiger charge is 2.17. The maximum absolute atomic E-state index is 11.9. The van der Waals surface area contributed by atoms with E-state index in [2.05, 4.69) is 22.5 Å². The predicted molar refractivity (Wildman–Crippen MR) is 109 cm³/mol. The zero-order valence-corrected chi connectivity index (χ0v) is 17.0. The molecule has 6 heteroatoms. The summed E-state index contributed by atoms with van der Waals surface area (Å²) in [5, 5.41) is 5.78. The monoisotopic (exact) mass is 374 g/mol. The Morgan fingerprint density at radius 1 is 1.11 bits per heavy atom. The highest BCUT2D eigenvalue weighted by Crippen LogP contribution is 2.16. The van der Waals surface area contributed by atoms with Gasteiger partial charge in [-0.3, -0.25) is 4.79 Å². The lowest BCUT2D eigenvalue weighted by molar-refractivity contribution is 0.0827. The topological polar surface area (TPSA) is 64.7 Å². The molecule has 0 aliphatic carbocycles. The molecule has 1 aromatic rings. The van der Waals surface area contributed by atoms with Crippen LogP contribution in [0.1, 0.15) is 54.9 Å². The van der Waals surface area contributed by atoms with Gasteiger partial charge in [-0.2, -0.15) is 0 Å². The number of amides is 3. The SMILES string of the molecule is C[C@H]1CCCCN1CCCCNC(=O)NCc1ccc(C(=O)N(C)C)cc1. The molecule has 0 radical (unpaired) electrons. The van der Waals surface area contributed by atoms with Gasteiger partial charge in [-0.05, 0) is 63.4 Å². The molecule has 0 spiro atoms. The summed E-state index contributed by atoms with van der Waals surface area (Å²) in [5.74, 6) is -0.0220. The van der Waals surface area contributed by atoms with Crippen LogP contribution in [0.5, 0.6) is 0 Å². The van der Waals surface area contributed by atoms with Crippen molar-refractivity contribution in [1.82, 2.24) is 20.4 Å². The van der Waals surface area contributed by atoms with E-state index in [0.29, 0.717) is 24.7 Å². The summed E-state index contributed by atoms with van der Waals surface area (Å²) in [6.45, 7) is 5.81. The van der Waals surface area contributed by atoms with E-state index in [-0.39, 0.29) is 11.9 Å². The molecule has 1 aromatic carbocycles. The van der Waals surface area contributed by atoms with Gasteiger partial charge in [0.2, 0.25) is 0 Å². The number of hydrogen-bond donors (Lipinski definition) is 2. The molecule has 1 fully saturated rings. The number of piperidine rings is 1. The van der Waals surface area contributed by atoms with Crippen molar-refractivity contribution < 1.29 is 9.59 Å². The highest BCUT2D eigenvalue weighted by molar-refractivity contribution is 5.93. The Balaban J connectivity index is 1.58. The second kappa shape index (κ2) is 10.9. The van der Waals surface area contributed by atoms with Crippen molar-refractivity contribution in [2.24, 2.45) is 0 Å². The van der Waals surface area contributed by atoms with Crippen molar-refractivity contribution in [3.63, 3.8) is 0 Å². The second-order valence-electron chi connectivity index (χ2n) is 7.59. The smallest absolute Gasteiger partial charge is 0.315 e. The third-order valence-corrected chi connectivity index (χ3v) is 5.16. The van der Waals surface area contributed by atoms with E-state index in [1.54, 1.807) is 31.1 Å². The first kappa shape index (κ1) is 21.2. The normalized spacial score (nSPS) is 17.4. The molecule has 27 heavy (non-hydrogen) atoms. The van der Waals surface area contributed by atoms with Gasteiger partial charge >= 0.3 is 6.03 Å². The van der Waals surface area contributed by atoms with Crippen LogP contribution in [0.4, 0.5) is 4.79 Å². The lowest BCUT2D eigenvalue weighted by Crippen LogP contribution is -2.38. The molecule has 1 atom stereocenters. The molecule has 2 rings (SSSR count). The summed E-state index contributed by atoms with van der Waals surface area (Å²) in [7, 11) is 3.46. The Kier molecular flexibility index (Phi) is 8.58. The Labute approximate surface area is 163 Å². The van der Waals surface area contributed by atoms with E-state index in [9.17, 15) is 9.59 Å². The standard InChI is InChI=1S/C21H34N4O2/c1-17-8-4-6-14-25(17)15-7-5-13-22-21(27)23-16-18-9-11-19(12-10-18)20(26)24(2)3/h9-12,17H,4-8,13-16H2,1-3H3,(H2,22,23,27)/t17-/m0/s1. The Hall–Kier alpha value is -2.08. The van der Waals surface area contributed by atoms with Gasteiger partial charge in [-0.1, -0.05) is 18.6 Å². The van der Waals surface area contributed by atoms with Crippen molar-refractivity contribution in [2.45, 2.75) is 51.6 Å². The van der Waals surface area contributed by atoms with E-state index in [1.165, 1.54) is 25.8 Å². The molecule has 150 valence electrons. The number of rotatable bonds is 8. The second-order valence-corrected chi connectivity index (χ2v) is 7.59. The summed E-state index contributed by atoms with van der Waals surface area (Å²) >= 11 is 0. The summed E-state index contributed by atoms with van der Waals surface area (Å²) in [4.78, 5) is 27.9. The molecule has 0 aromatic heterocycles. The Morgan fingerprint density at radius 3 is 2.52 bits per heavy atom. The first-order valence-corrected chi connectivity index (χ1v) is 10.0. The number of carbonyl (C=O) groups excluding carboxylic acids is 2. The van der Waals surface area contributed by atoms with Crippen molar-refractivity contribution in [3.05, 3.63) is 35.4 Å². The van der Waals surface area contributed by atoms with Gasteiger partial charge in [0.05, 0.1) is 0 Å². The molecular weight excluding hydrogens is 340 g/mol. The predicted octanol–water partition coefficient (Wildman–Crippen LogP) is 2.84. The van der Waals surface area contributed by atoms with Gasteiger partial charge in [0.15, 0.2) is 0 Å². The first-order chi connectivity index (χ1) is 13.0. The van der Waals surface area contributed by atoms with Crippen LogP contribution in [0.15, 0.2) is 24.3 Å². The quantitative estimate of drug-likeness (QED) is 0.688. The zero-order valence-electron chi connectivity index (χ0n) is 17.0. The van der Waals surface area contributed by atoms with Crippen LogP contribution in [0, 0.1) is 0 Å². The molecule has 0 bridgehead atoms. The Morgan fingerprint density at radius 2 is 1.85 bits per heavy atom. The van der Waals surface area contributed by atoms with Crippen molar-refractivity contribution in [2.75, 3.05) is 33.7 Å². The number of unbranched alkanes of at least 4 members (excludes halogenated alkanes) is 1. The van der Waals surface area contributed by atoms with Gasteiger partial charge in [0.1, 0.15) is 0 Å². The van der Waals surface area contributed by atoms with Crippen LogP contribution >= 0.6 is 0 Å². The third kappa shape index (κ3) is 7.21. The average Bonchev–Trinajstić information content (AvgIpc) is 2.67. The molecule has 0 saturated carbocycles. The van der Waals surface area contributed by atoms with Gasteiger partial charge in [0.25, 0.3) is 5.91 Å². The fourth-order valence-corrected chi connectivity index (χ4v) is 3.40. The van der Waals surface area contributed by atoms with Gasteiger partial charge in [-0.25, -0.2) is 4.79 Å². The number of carbonyl (C=O) groups is 2. The van der Waals surface area contributed by atoms with Crippen LogP contribution < -0.4 is 10.6 Å². The Bertz CT molecular complexity index is 601. The van der Waals surface area contributed by atoms with Gasteiger partial charge < -0.3 is 20.4 Å². The minimum atomic E-state index is -0.144. The van der Waals surface area contributed by atoms with E-state index >= 15 is 0 Å². The molecule has 0 unspecified atom stereocenters. The zero-order chi connectivity index (χ0) is 19.6. The lowest BCUT2D eigenvalue weighted by Gasteiger charge is -2.33. The van der Waals surface area contributed by atoms with Crippen LogP contribution in [0.3, 0.4) is 0 Å². The maximum atomic E-state index is 11.9. The fourth-order valence-electron chi connectivity index (χ4n) is 3.40. The van der Waals surface area contributed by atoms with Gasteiger partial charge in [-0.15, -0.1) is 0 Å². The number of nitrogens with one attached hydrogen (secondary N) is 2. The number of nitrogens with zero attached hydrogens (tertiary/aromatic N) is 2.